The molecule has 0 N–H and O–H groups in total. The number of fused-ring (bicyclic) bond motifs is 2. The average Bonchev–Trinajstić information content (AvgIpc) is 2.91. The smallest absolute Gasteiger partial charge is 0.400 e. The molecule has 2 heterocycles. The molecule has 1 aliphatic carbocycles. The summed E-state index contributed by atoms with van der Waals surface area (Å²) in [6, 6.07) is 11.5. The fourth-order valence-electron chi connectivity index (χ4n) is 4.50. The van der Waals surface area contributed by atoms with Crippen LogP contribution in [0.2, 0.25) is 0 Å². The molecule has 2 unspecified atom stereocenters. The summed E-state index contributed by atoms with van der Waals surface area (Å²) in [6.45, 7) is 10.8. The lowest BCUT2D eigenvalue weighted by Gasteiger charge is -2.32. The number of hydrogen-bond donors (Lipinski definition) is 0. The largest absolute Gasteiger partial charge is 0.487 e. The third kappa shape index (κ3) is 3.44. The fraction of sp³-hybridized carbons (Fsp3) is 0.619. The lowest BCUT2D eigenvalue weighted by atomic mass is 9.78. The molecule has 134 valence electrons. The van der Waals surface area contributed by atoms with Gasteiger partial charge in [-0.15, -0.1) is 0 Å². The molecule has 0 amide bonds. The first-order valence-corrected chi connectivity index (χ1v) is 9.65. The van der Waals surface area contributed by atoms with Gasteiger partial charge in [-0.25, -0.2) is 0 Å². The van der Waals surface area contributed by atoms with E-state index in [1.807, 2.05) is 0 Å². The fourth-order valence-corrected chi connectivity index (χ4v) is 4.50. The van der Waals surface area contributed by atoms with Crippen molar-refractivity contribution in [2.75, 3.05) is 6.54 Å². The van der Waals surface area contributed by atoms with E-state index in [-0.39, 0.29) is 18.3 Å². The van der Waals surface area contributed by atoms with E-state index in [1.54, 1.807) is 0 Å². The Morgan fingerprint density at radius 3 is 2.44 bits per heavy atom. The van der Waals surface area contributed by atoms with Gasteiger partial charge in [-0.2, -0.15) is 0 Å². The second-order valence-corrected chi connectivity index (χ2v) is 9.03. The summed E-state index contributed by atoms with van der Waals surface area (Å²) < 4.78 is 12.3. The van der Waals surface area contributed by atoms with E-state index in [1.165, 1.54) is 30.5 Å². The summed E-state index contributed by atoms with van der Waals surface area (Å²) in [5, 5.41) is 0. The Kier molecular flexibility index (Phi) is 4.34. The van der Waals surface area contributed by atoms with Crippen molar-refractivity contribution in [3.8, 4) is 0 Å². The van der Waals surface area contributed by atoms with E-state index in [9.17, 15) is 0 Å². The van der Waals surface area contributed by atoms with E-state index in [4.69, 9.17) is 9.31 Å². The summed E-state index contributed by atoms with van der Waals surface area (Å²) in [5.74, 6) is 3.05. The van der Waals surface area contributed by atoms with E-state index in [2.05, 4.69) is 68.9 Å². The summed E-state index contributed by atoms with van der Waals surface area (Å²) >= 11 is 0. The topological polar surface area (TPSA) is 21.7 Å². The van der Waals surface area contributed by atoms with Crippen LogP contribution in [0.1, 0.15) is 52.5 Å². The maximum absolute atomic E-state index is 6.17. The van der Waals surface area contributed by atoms with Crippen molar-refractivity contribution in [2.45, 2.75) is 70.7 Å². The average molecular weight is 339 g/mol. The van der Waals surface area contributed by atoms with Crippen molar-refractivity contribution in [1.82, 2.24) is 4.90 Å². The predicted molar refractivity (Wildman–Crippen MR) is 102 cm³/mol. The Morgan fingerprint density at radius 1 is 1.08 bits per heavy atom. The van der Waals surface area contributed by atoms with Crippen LogP contribution in [0, 0.1) is 5.92 Å². The molecular weight excluding hydrogens is 309 g/mol. The van der Waals surface area contributed by atoms with E-state index >= 15 is 0 Å². The van der Waals surface area contributed by atoms with Gasteiger partial charge in [-0.3, -0.25) is 4.90 Å². The first-order chi connectivity index (χ1) is 11.8. The van der Waals surface area contributed by atoms with Crippen LogP contribution in [0.5, 0.6) is 0 Å². The van der Waals surface area contributed by atoms with Crippen LogP contribution < -0.4 is 0 Å². The zero-order valence-electron chi connectivity index (χ0n) is 16.0. The van der Waals surface area contributed by atoms with Gasteiger partial charge in [0, 0.05) is 19.1 Å². The summed E-state index contributed by atoms with van der Waals surface area (Å²) in [5.41, 5.74) is 2.45. The third-order valence-corrected chi connectivity index (χ3v) is 6.53. The van der Waals surface area contributed by atoms with Crippen LogP contribution in [-0.4, -0.2) is 35.8 Å². The number of benzene rings is 1. The standard InChI is InChI=1S/C21H30BNO2/c1-20(2)21(3,4)25-22(24-20)13-17-10-18-12-19(11-17)23(15-18)14-16-8-6-5-7-9-16/h5-9,13,18-19H,10-12,14-15H2,1-4H3. The maximum atomic E-state index is 6.17. The quantitative estimate of drug-likeness (QED) is 0.770. The van der Waals surface area contributed by atoms with Gasteiger partial charge in [0.2, 0.25) is 0 Å². The highest BCUT2D eigenvalue weighted by atomic mass is 16.7. The van der Waals surface area contributed by atoms with Crippen LogP contribution in [0.4, 0.5) is 0 Å². The lowest BCUT2D eigenvalue weighted by Crippen LogP contribution is -2.41. The molecule has 1 saturated carbocycles. The molecule has 2 aliphatic heterocycles. The van der Waals surface area contributed by atoms with Crippen molar-refractivity contribution in [1.29, 1.82) is 0 Å². The second-order valence-electron chi connectivity index (χ2n) is 9.03. The Morgan fingerprint density at radius 2 is 1.76 bits per heavy atom. The molecule has 4 heteroatoms. The van der Waals surface area contributed by atoms with Crippen LogP contribution in [0.3, 0.4) is 0 Å². The van der Waals surface area contributed by atoms with Crippen molar-refractivity contribution in [3.05, 3.63) is 47.4 Å². The number of hydrogen-bond acceptors (Lipinski definition) is 3. The molecule has 1 aromatic rings. The predicted octanol–water partition coefficient (Wildman–Crippen LogP) is 4.23. The highest BCUT2D eigenvalue weighted by Crippen LogP contribution is 2.41. The molecule has 2 atom stereocenters. The van der Waals surface area contributed by atoms with E-state index < -0.39 is 0 Å². The van der Waals surface area contributed by atoms with Crippen molar-refractivity contribution in [2.24, 2.45) is 5.92 Å². The lowest BCUT2D eigenvalue weighted by molar-refractivity contribution is 0.00578. The van der Waals surface area contributed by atoms with E-state index in [0.717, 1.165) is 18.9 Å². The first kappa shape index (κ1) is 17.3. The van der Waals surface area contributed by atoms with Crippen molar-refractivity contribution < 1.29 is 9.31 Å². The first-order valence-electron chi connectivity index (χ1n) is 9.65. The molecular formula is C21H30BNO2. The molecule has 3 aliphatic rings. The Labute approximate surface area is 152 Å². The van der Waals surface area contributed by atoms with Gasteiger partial charge >= 0.3 is 7.12 Å². The monoisotopic (exact) mass is 339 g/mol. The van der Waals surface area contributed by atoms with E-state index in [0.29, 0.717) is 6.04 Å². The highest BCUT2D eigenvalue weighted by molar-refractivity contribution is 6.51. The van der Waals surface area contributed by atoms with Gasteiger partial charge in [0.1, 0.15) is 0 Å². The number of likely N-dealkylation sites (tertiary alicyclic amines) is 1. The van der Waals surface area contributed by atoms with Gasteiger partial charge in [0.05, 0.1) is 11.2 Å². The van der Waals surface area contributed by atoms with Gasteiger partial charge in [-0.1, -0.05) is 41.9 Å². The number of rotatable bonds is 3. The van der Waals surface area contributed by atoms with Crippen LogP contribution in [0.15, 0.2) is 41.9 Å². The van der Waals surface area contributed by atoms with Crippen LogP contribution in [-0.2, 0) is 15.9 Å². The van der Waals surface area contributed by atoms with Crippen molar-refractivity contribution >= 4 is 7.12 Å². The molecule has 0 spiro atoms. The zero-order valence-corrected chi connectivity index (χ0v) is 16.0. The zero-order chi connectivity index (χ0) is 17.7. The van der Waals surface area contributed by atoms with Crippen molar-refractivity contribution in [3.63, 3.8) is 0 Å². The van der Waals surface area contributed by atoms with Gasteiger partial charge in [-0.05, 0) is 58.4 Å². The normalized spacial score (nSPS) is 32.5. The molecule has 3 nitrogen and oxygen atoms in total. The van der Waals surface area contributed by atoms with Crippen LogP contribution in [0.25, 0.3) is 0 Å². The van der Waals surface area contributed by atoms with Gasteiger partial charge in [0.15, 0.2) is 0 Å². The maximum Gasteiger partial charge on any atom is 0.487 e. The minimum absolute atomic E-state index is 0.194. The van der Waals surface area contributed by atoms with Gasteiger partial charge in [0.25, 0.3) is 0 Å². The Balaban J connectivity index is 1.42. The summed E-state index contributed by atoms with van der Waals surface area (Å²) in [6.07, 6.45) is 3.70. The minimum atomic E-state index is -0.248. The molecule has 3 fully saturated rings. The second kappa shape index (κ2) is 6.26. The number of nitrogens with zero attached hydrogens (tertiary/aromatic N) is 1. The molecule has 0 aromatic heterocycles. The molecule has 25 heavy (non-hydrogen) atoms. The van der Waals surface area contributed by atoms with Crippen LogP contribution >= 0.6 is 0 Å². The Bertz CT molecular complexity index is 639. The molecule has 2 bridgehead atoms. The molecule has 1 aromatic carbocycles. The Hall–Kier alpha value is -1.10. The molecule has 2 saturated heterocycles. The third-order valence-electron chi connectivity index (χ3n) is 6.53. The SMILES string of the molecule is CC1(C)OB(C=C2CC3CC(C2)N(Cc2ccccc2)C3)OC1(C)C. The molecule has 4 rings (SSSR count). The van der Waals surface area contributed by atoms with Gasteiger partial charge < -0.3 is 9.31 Å². The minimum Gasteiger partial charge on any atom is -0.400 e. The summed E-state index contributed by atoms with van der Waals surface area (Å²) in [4.78, 5) is 2.67. The molecule has 0 radical (unpaired) electrons. The summed E-state index contributed by atoms with van der Waals surface area (Å²) in [7, 11) is -0.194. The highest BCUT2D eigenvalue weighted by Gasteiger charge is 2.50.